The van der Waals surface area contributed by atoms with Gasteiger partial charge in [-0.2, -0.15) is 0 Å². The van der Waals surface area contributed by atoms with Gasteiger partial charge in [0, 0.05) is 85.6 Å². The fourth-order valence-electron chi connectivity index (χ4n) is 13.9. The Morgan fingerprint density at radius 1 is 0.378 bits per heavy atom. The molecule has 0 radical (unpaired) electrons. The average Bonchev–Trinajstić information content (AvgIpc) is 1.65. The van der Waals surface area contributed by atoms with Crippen molar-refractivity contribution < 1.29 is 131 Å². The Balaban J connectivity index is 0.661. The van der Waals surface area contributed by atoms with Gasteiger partial charge in [-0.25, -0.2) is 71.9 Å². The SMILES string of the molecule is Cc1cn([C@H]2C[C@H](OP(=O)(O)OC[C@H]3O[C@@H](n4cc(C)c(=O)[nH]c4=O)C[C@@H]3OP(=O)(O)OC[C@H]3O[C@@H](n4cnc5c(N)ncnc54)C[C@@H]3OP(=O)(O)OC[C@H]3O[C@@H](n4cc(C)c(=O)[nH]c4=O)C[C@@H]3O)[C@@H](COP(=O)(O)O[C@H]3C[C@H](n4cc(C)c(=O)[nH]c4=O)O[C@@H]3COP(=O)(O)O[C@H]3C[C@H](n4cnc5c(N)ncnc54)O[C@@H]3CO)O2)c(=O)[nH]c1=O. The van der Waals surface area contributed by atoms with E-state index in [1.165, 1.54) is 55.7 Å². The van der Waals surface area contributed by atoms with Crippen molar-refractivity contribution in [2.75, 3.05) is 51.1 Å². The predicted molar refractivity (Wildman–Crippen MR) is 391 cm³/mol. The maximum atomic E-state index is 14.4. The number of hydrogen-bond acceptors (Lipinski definition) is 39. The quantitative estimate of drug-likeness (QED) is 0.0200. The van der Waals surface area contributed by atoms with Crippen molar-refractivity contribution in [2.24, 2.45) is 0 Å². The highest BCUT2D eigenvalue weighted by Crippen LogP contribution is 2.56. The lowest BCUT2D eigenvalue weighted by molar-refractivity contribution is -0.0654. The zero-order valence-corrected chi connectivity index (χ0v) is 66.7. The number of aliphatic hydroxyl groups is 2. The number of aliphatic hydroxyl groups excluding tert-OH is 2. The van der Waals surface area contributed by atoms with E-state index in [9.17, 15) is 95.9 Å². The number of aryl methyl sites for hydroxylation is 4. The van der Waals surface area contributed by atoms with Gasteiger partial charge in [0.15, 0.2) is 22.9 Å². The lowest BCUT2D eigenvalue weighted by Gasteiger charge is -2.26. The molecule has 0 amide bonds. The van der Waals surface area contributed by atoms with Crippen LogP contribution < -0.4 is 56.5 Å². The summed E-state index contributed by atoms with van der Waals surface area (Å²) in [5.41, 5.74) is 5.39. The molecule has 8 aromatic heterocycles. The third-order valence-electron chi connectivity index (χ3n) is 19.9. The number of phosphoric ester groups is 5. The Labute approximate surface area is 662 Å². The van der Waals surface area contributed by atoms with Crippen molar-refractivity contribution in [3.05, 3.63) is 156 Å². The molecule has 8 aromatic rings. The molecular weight excluding hydrogens is 1700 g/mol. The molecule has 6 aliphatic rings. The number of anilines is 2. The minimum absolute atomic E-state index is 0.0109. The number of imidazole rings is 2. The zero-order chi connectivity index (χ0) is 85.3. The van der Waals surface area contributed by atoms with Gasteiger partial charge in [-0.1, -0.05) is 0 Å². The smallest absolute Gasteiger partial charge is 0.394 e. The van der Waals surface area contributed by atoms with E-state index in [0.29, 0.717) is 0 Å². The Morgan fingerprint density at radius 2 is 0.622 bits per heavy atom. The highest BCUT2D eigenvalue weighted by atomic mass is 31.2. The van der Waals surface area contributed by atoms with E-state index in [4.69, 9.17) is 85.1 Å². The summed E-state index contributed by atoms with van der Waals surface area (Å²) < 4.78 is 168. The summed E-state index contributed by atoms with van der Waals surface area (Å²) in [6.45, 7) is -0.607. The van der Waals surface area contributed by atoms with Crippen LogP contribution in [0.15, 0.2) is 88.5 Å². The number of hydrogen-bond donors (Lipinski definition) is 13. The van der Waals surface area contributed by atoms with Gasteiger partial charge in [-0.3, -0.25) is 112 Å². The van der Waals surface area contributed by atoms with Gasteiger partial charge in [-0.05, 0) is 27.7 Å². The van der Waals surface area contributed by atoms with E-state index in [2.05, 4.69) is 49.8 Å². The molecule has 54 nitrogen and oxygen atoms in total. The molecule has 0 spiro atoms. The zero-order valence-electron chi connectivity index (χ0n) is 62.2. The van der Waals surface area contributed by atoms with E-state index in [1.54, 1.807) is 0 Å². The Morgan fingerprint density at radius 3 is 0.908 bits per heavy atom. The van der Waals surface area contributed by atoms with Crippen molar-refractivity contribution in [2.45, 2.75) is 177 Å². The van der Waals surface area contributed by atoms with Crippen molar-refractivity contribution in [3.63, 3.8) is 0 Å². The largest absolute Gasteiger partial charge is 0.472 e. The van der Waals surface area contributed by atoms with Crippen LogP contribution >= 0.6 is 39.1 Å². The predicted octanol–water partition coefficient (Wildman–Crippen LogP) is -2.15. The molecule has 59 heteroatoms. The summed E-state index contributed by atoms with van der Waals surface area (Å²) in [7, 11) is -27.5. The first-order valence-electron chi connectivity index (χ1n) is 35.8. The molecular formula is C60H77N18O36P5. The van der Waals surface area contributed by atoms with Crippen LogP contribution in [0.3, 0.4) is 0 Å². The minimum Gasteiger partial charge on any atom is -0.394 e. The minimum atomic E-state index is -5.68. The van der Waals surface area contributed by atoms with Crippen LogP contribution in [0.2, 0.25) is 0 Å². The van der Waals surface area contributed by atoms with Crippen LogP contribution in [0.5, 0.6) is 0 Å². The summed E-state index contributed by atoms with van der Waals surface area (Å²) in [6.07, 6.45) is -20.9. The number of nitrogens with two attached hydrogens (primary N) is 2. The van der Waals surface area contributed by atoms with Crippen molar-refractivity contribution in [1.82, 2.24) is 77.2 Å². The summed E-state index contributed by atoms with van der Waals surface area (Å²) >= 11 is 0. The number of ether oxygens (including phenoxy) is 6. The lowest BCUT2D eigenvalue weighted by Crippen LogP contribution is -2.33. The Kier molecular flexibility index (Phi) is 25.2. The highest BCUT2D eigenvalue weighted by Gasteiger charge is 2.52. The molecule has 6 aliphatic heterocycles. The Hall–Kier alpha value is -8.35. The van der Waals surface area contributed by atoms with E-state index in [-0.39, 0.29) is 69.1 Å². The molecule has 14 rings (SSSR count). The highest BCUT2D eigenvalue weighted by molar-refractivity contribution is 7.48. The second-order valence-electron chi connectivity index (χ2n) is 28.1. The van der Waals surface area contributed by atoms with Crippen molar-refractivity contribution in [3.8, 4) is 0 Å². The molecule has 23 atom stereocenters. The third kappa shape index (κ3) is 19.6. The summed E-state index contributed by atoms with van der Waals surface area (Å²) in [5.74, 6) is -0.0220. The van der Waals surface area contributed by atoms with Gasteiger partial charge in [0.05, 0.1) is 58.4 Å². The maximum absolute atomic E-state index is 14.4. The van der Waals surface area contributed by atoms with Gasteiger partial charge >= 0.3 is 61.9 Å². The van der Waals surface area contributed by atoms with Crippen LogP contribution in [-0.2, 0) is 96.5 Å². The van der Waals surface area contributed by atoms with Gasteiger partial charge < -0.3 is 74.6 Å². The van der Waals surface area contributed by atoms with E-state index < -0.39 is 260 Å². The molecule has 648 valence electrons. The molecule has 6 fully saturated rings. The maximum Gasteiger partial charge on any atom is 0.472 e. The normalized spacial score (nSPS) is 29.8. The molecule has 0 aromatic carbocycles. The molecule has 0 bridgehead atoms. The number of nitrogens with zero attached hydrogens (tertiary/aromatic N) is 12. The number of nitrogens with one attached hydrogen (secondary N) is 4. The molecule has 0 saturated carbocycles. The molecule has 0 aliphatic carbocycles. The fourth-order valence-corrected chi connectivity index (χ4v) is 18.7. The average molecular weight is 1780 g/mol. The first kappa shape index (κ1) is 87.0. The Bertz CT molecular complexity index is 5930. The van der Waals surface area contributed by atoms with Crippen LogP contribution in [0.25, 0.3) is 22.3 Å². The number of fused-ring (bicyclic) bond motifs is 2. The third-order valence-corrected chi connectivity index (χ3v) is 24.9. The number of phosphoric acid groups is 5. The van der Waals surface area contributed by atoms with Crippen LogP contribution in [0, 0.1) is 27.7 Å². The molecule has 14 heterocycles. The summed E-state index contributed by atoms with van der Waals surface area (Å²) in [4.78, 5) is 192. The first-order valence-corrected chi connectivity index (χ1v) is 43.3. The van der Waals surface area contributed by atoms with E-state index in [1.807, 2.05) is 0 Å². The topological polar surface area (TPSA) is 733 Å². The van der Waals surface area contributed by atoms with Gasteiger partial charge in [0.25, 0.3) is 22.2 Å². The standard InChI is InChI=1S/C60H77N18O36P5/c1-25-11-73(57(85)69-53(25)81)41-5-29(80)36(105-41)16-99-115(89,90)114-34-10-46(78-24-68-48-50(62)64-22-66-52(48)78)109-40(34)20-103-119(97,98)113-33-9-44(76-14-28(4)56(84)72-60(76)88)108-39(33)19-102-118(95,96)112-32-8-43(75-13-27(3)55(83)71-59(75)87)107-38(32)18-101-117(93,94)111-31-7-42(74-12-26(2)54(82)70-58(74)86)106-37(31)17-100-116(91,92)110-30-6-45(104-35(30)15-79)77-23-67-47-49(61)63-21-65-51(47)77/h11-14,21-24,29-46,79-80H,5-10,15-20H2,1-4H3,(H,89,90)(H,91,92)(H,93,94)(H,95,96)(H,97,98)(H2,61,63,65)(H2,62,64,66)(H,69,81,85)(H,70,82,86)(H,71,83,87)(H,72,84,88)/t29-,30-,31-,32-,33-,34-,35+,36+,37+,38+,39+,40+,41+,42+,43+,44+,45+,46+/m0/s1. The number of aromatic amines is 4. The second kappa shape index (κ2) is 34.5. The fraction of sp³-hybridized carbons (Fsp3) is 0.567. The van der Waals surface area contributed by atoms with E-state index >= 15 is 0 Å². The van der Waals surface area contributed by atoms with Crippen LogP contribution in [-0.4, -0.2) is 225 Å². The van der Waals surface area contributed by atoms with Crippen molar-refractivity contribution in [1.29, 1.82) is 0 Å². The number of H-pyrrole nitrogens is 4. The van der Waals surface area contributed by atoms with Gasteiger partial charge in [0.2, 0.25) is 0 Å². The lowest BCUT2D eigenvalue weighted by atomic mass is 10.2. The molecule has 5 unspecified atom stereocenters. The number of aromatic nitrogens is 16. The van der Waals surface area contributed by atoms with Gasteiger partial charge in [-0.15, -0.1) is 0 Å². The van der Waals surface area contributed by atoms with E-state index in [0.717, 1.165) is 49.5 Å². The van der Waals surface area contributed by atoms with Gasteiger partial charge in [0.1, 0.15) is 128 Å². The molecule has 6 saturated heterocycles. The number of rotatable bonds is 32. The monoisotopic (exact) mass is 1780 g/mol. The summed E-state index contributed by atoms with van der Waals surface area (Å²) in [6, 6.07) is 0. The second-order valence-corrected chi connectivity index (χ2v) is 35.1. The number of nitrogen functional groups attached to an aromatic ring is 2. The van der Waals surface area contributed by atoms with Crippen LogP contribution in [0.4, 0.5) is 11.6 Å². The van der Waals surface area contributed by atoms with Crippen molar-refractivity contribution >= 4 is 73.1 Å². The van der Waals surface area contributed by atoms with Crippen LogP contribution in [0.1, 0.15) is 98.1 Å². The molecule has 119 heavy (non-hydrogen) atoms. The molecule has 15 N–H and O–H groups in total. The summed E-state index contributed by atoms with van der Waals surface area (Å²) in [5, 5.41) is 21.1. The first-order chi connectivity index (χ1) is 56.2.